The largest absolute Gasteiger partial charge is 0.372 e. The van der Waals surface area contributed by atoms with Crippen molar-refractivity contribution in [3.63, 3.8) is 0 Å². The Morgan fingerprint density at radius 3 is 2.04 bits per heavy atom. The van der Waals surface area contributed by atoms with Gasteiger partial charge in [0, 0.05) is 29.2 Å². The minimum absolute atomic E-state index is 0.0206. The molecule has 27 heavy (non-hydrogen) atoms. The van der Waals surface area contributed by atoms with Crippen molar-refractivity contribution in [2.24, 2.45) is 0 Å². The van der Waals surface area contributed by atoms with E-state index in [1.165, 1.54) is 0 Å². The molecule has 2 unspecified atom stereocenters. The van der Waals surface area contributed by atoms with Crippen molar-refractivity contribution < 1.29 is 14.3 Å². The van der Waals surface area contributed by atoms with Crippen LogP contribution >= 0.6 is 11.6 Å². The van der Waals surface area contributed by atoms with E-state index in [0.717, 1.165) is 0 Å². The summed E-state index contributed by atoms with van der Waals surface area (Å²) in [5, 5.41) is 0.588. The van der Waals surface area contributed by atoms with Crippen LogP contribution in [0.2, 0.25) is 5.02 Å². The number of halogens is 1. The van der Waals surface area contributed by atoms with Crippen molar-refractivity contribution in [2.45, 2.75) is 26.1 Å². The Labute approximate surface area is 163 Å². The average Bonchev–Trinajstić information content (AvgIpc) is 2.64. The Morgan fingerprint density at radius 1 is 0.889 bits per heavy atom. The number of ketones is 2. The first-order chi connectivity index (χ1) is 13.0. The molecule has 4 nitrogen and oxygen atoms in total. The zero-order valence-electron chi connectivity index (χ0n) is 15.2. The van der Waals surface area contributed by atoms with Gasteiger partial charge in [-0.1, -0.05) is 48.0 Å². The van der Waals surface area contributed by atoms with Crippen LogP contribution in [0.25, 0.3) is 5.57 Å². The second kappa shape index (κ2) is 6.95. The molecule has 1 aliphatic heterocycles. The fourth-order valence-electron chi connectivity index (χ4n) is 3.91. The highest BCUT2D eigenvalue weighted by atomic mass is 35.5. The first-order valence-corrected chi connectivity index (χ1v) is 9.42. The van der Waals surface area contributed by atoms with E-state index in [0.29, 0.717) is 46.1 Å². The minimum atomic E-state index is -0.130. The van der Waals surface area contributed by atoms with Crippen LogP contribution in [0.15, 0.2) is 54.2 Å². The maximum Gasteiger partial charge on any atom is 0.210 e. The van der Waals surface area contributed by atoms with Crippen molar-refractivity contribution in [1.29, 1.82) is 0 Å². The predicted octanol–water partition coefficient (Wildman–Crippen LogP) is 4.24. The molecule has 2 aromatic carbocycles. The van der Waals surface area contributed by atoms with E-state index in [1.54, 1.807) is 48.5 Å². The number of nitrogens with zero attached hydrogens (tertiary/aromatic N) is 1. The second-order valence-electron chi connectivity index (χ2n) is 7.10. The second-order valence-corrected chi connectivity index (χ2v) is 7.53. The summed E-state index contributed by atoms with van der Waals surface area (Å²) in [4.78, 5) is 28.8. The average molecular weight is 382 g/mol. The standard InChI is InChI=1S/C22H20ClNO3/c1-13-11-24(12-14(2)27-13)20-19(15-7-9-16(23)10-8-15)21(25)17-5-3-4-6-18(17)22(20)26/h3-10,13-14H,11-12H2,1-2H3. The van der Waals surface area contributed by atoms with Crippen LogP contribution in [0, 0.1) is 0 Å². The summed E-state index contributed by atoms with van der Waals surface area (Å²) < 4.78 is 5.82. The van der Waals surface area contributed by atoms with Crippen LogP contribution in [-0.4, -0.2) is 41.8 Å². The number of ether oxygens (including phenoxy) is 1. The number of benzene rings is 2. The molecule has 0 spiro atoms. The van der Waals surface area contributed by atoms with Crippen molar-refractivity contribution in [1.82, 2.24) is 4.90 Å². The molecule has 5 heteroatoms. The van der Waals surface area contributed by atoms with Gasteiger partial charge in [0.15, 0.2) is 5.78 Å². The molecule has 0 bridgehead atoms. The zero-order valence-corrected chi connectivity index (χ0v) is 16.0. The summed E-state index contributed by atoms with van der Waals surface area (Å²) in [6, 6.07) is 14.1. The lowest BCUT2D eigenvalue weighted by molar-refractivity contribution is -0.0569. The summed E-state index contributed by atoms with van der Waals surface area (Å²) in [7, 11) is 0. The Balaban J connectivity index is 1.92. The van der Waals surface area contributed by atoms with Gasteiger partial charge in [-0.05, 0) is 31.5 Å². The third-order valence-electron chi connectivity index (χ3n) is 4.96. The Morgan fingerprint density at radius 2 is 1.44 bits per heavy atom. The quantitative estimate of drug-likeness (QED) is 0.780. The number of morpholine rings is 1. The van der Waals surface area contributed by atoms with Crippen LogP contribution in [0.4, 0.5) is 0 Å². The van der Waals surface area contributed by atoms with Gasteiger partial charge in [0.1, 0.15) is 0 Å². The summed E-state index contributed by atoms with van der Waals surface area (Å²) in [6.45, 7) is 5.10. The van der Waals surface area contributed by atoms with Crippen LogP contribution in [0.3, 0.4) is 0 Å². The molecule has 0 radical (unpaired) electrons. The van der Waals surface area contributed by atoms with E-state index in [2.05, 4.69) is 0 Å². The molecule has 4 rings (SSSR count). The van der Waals surface area contributed by atoms with Crippen molar-refractivity contribution in [2.75, 3.05) is 13.1 Å². The summed E-state index contributed by atoms with van der Waals surface area (Å²) >= 11 is 6.03. The lowest BCUT2D eigenvalue weighted by Gasteiger charge is -2.39. The summed E-state index contributed by atoms with van der Waals surface area (Å²) in [6.07, 6.45) is -0.0411. The summed E-state index contributed by atoms with van der Waals surface area (Å²) in [5.41, 5.74) is 2.52. The Hall–Kier alpha value is -2.43. The van der Waals surface area contributed by atoms with Crippen LogP contribution in [0.1, 0.15) is 40.1 Å². The van der Waals surface area contributed by atoms with E-state index >= 15 is 0 Å². The smallest absolute Gasteiger partial charge is 0.210 e. The number of rotatable bonds is 2. The normalized spacial score (nSPS) is 22.9. The van der Waals surface area contributed by atoms with Gasteiger partial charge in [-0.15, -0.1) is 0 Å². The predicted molar refractivity (Wildman–Crippen MR) is 105 cm³/mol. The van der Waals surface area contributed by atoms with E-state index in [1.807, 2.05) is 18.7 Å². The van der Waals surface area contributed by atoms with Gasteiger partial charge < -0.3 is 9.64 Å². The van der Waals surface area contributed by atoms with Crippen LogP contribution < -0.4 is 0 Å². The maximum absolute atomic E-state index is 13.4. The van der Waals surface area contributed by atoms with E-state index < -0.39 is 0 Å². The zero-order chi connectivity index (χ0) is 19.1. The molecule has 1 fully saturated rings. The van der Waals surface area contributed by atoms with Gasteiger partial charge in [0.25, 0.3) is 0 Å². The van der Waals surface area contributed by atoms with E-state index in [4.69, 9.17) is 16.3 Å². The molecule has 0 aromatic heterocycles. The third-order valence-corrected chi connectivity index (χ3v) is 5.22. The van der Waals surface area contributed by atoms with Gasteiger partial charge in [-0.3, -0.25) is 9.59 Å². The number of carbonyl (C=O) groups is 2. The highest BCUT2D eigenvalue weighted by Crippen LogP contribution is 2.35. The minimum Gasteiger partial charge on any atom is -0.372 e. The molecule has 1 heterocycles. The SMILES string of the molecule is CC1CN(C2=C(c3ccc(Cl)cc3)C(=O)c3ccccc3C2=O)CC(C)O1. The lowest BCUT2D eigenvalue weighted by atomic mass is 9.83. The third kappa shape index (κ3) is 3.20. The number of carbonyl (C=O) groups excluding carboxylic acids is 2. The van der Waals surface area contributed by atoms with Crippen molar-refractivity contribution in [3.05, 3.63) is 75.9 Å². The van der Waals surface area contributed by atoms with Crippen LogP contribution in [0.5, 0.6) is 0 Å². The molecular weight excluding hydrogens is 362 g/mol. The van der Waals surface area contributed by atoms with Gasteiger partial charge >= 0.3 is 0 Å². The van der Waals surface area contributed by atoms with Gasteiger partial charge in [-0.25, -0.2) is 0 Å². The van der Waals surface area contributed by atoms with Gasteiger partial charge in [0.2, 0.25) is 5.78 Å². The number of fused-ring (bicyclic) bond motifs is 1. The Kier molecular flexibility index (Phi) is 4.62. The fourth-order valence-corrected chi connectivity index (χ4v) is 4.03. The molecule has 0 N–H and O–H groups in total. The number of hydrogen-bond acceptors (Lipinski definition) is 4. The summed E-state index contributed by atoms with van der Waals surface area (Å²) in [5.74, 6) is -0.245. The molecular formula is C22H20ClNO3. The molecule has 1 aliphatic carbocycles. The molecule has 138 valence electrons. The first-order valence-electron chi connectivity index (χ1n) is 9.04. The van der Waals surface area contributed by atoms with Crippen molar-refractivity contribution >= 4 is 28.7 Å². The molecule has 2 aliphatic rings. The van der Waals surface area contributed by atoms with E-state index in [9.17, 15) is 9.59 Å². The molecule has 1 saturated heterocycles. The highest BCUT2D eigenvalue weighted by molar-refractivity contribution is 6.40. The number of allylic oxidation sites excluding steroid dienone is 2. The molecule has 0 amide bonds. The number of Topliss-reactive ketones (excluding diaryl/α,β-unsaturated/α-hetero) is 2. The molecule has 2 atom stereocenters. The Bertz CT molecular complexity index is 938. The molecule has 0 saturated carbocycles. The highest BCUT2D eigenvalue weighted by Gasteiger charge is 2.37. The van der Waals surface area contributed by atoms with Gasteiger partial charge in [0.05, 0.1) is 23.5 Å². The van der Waals surface area contributed by atoms with Gasteiger partial charge in [-0.2, -0.15) is 0 Å². The first kappa shape index (κ1) is 18.0. The van der Waals surface area contributed by atoms with E-state index in [-0.39, 0.29) is 23.8 Å². The van der Waals surface area contributed by atoms with Crippen LogP contribution in [-0.2, 0) is 4.74 Å². The fraction of sp³-hybridized carbons (Fsp3) is 0.273. The lowest BCUT2D eigenvalue weighted by Crippen LogP contribution is -2.47. The number of hydrogen-bond donors (Lipinski definition) is 0. The molecule has 2 aromatic rings. The maximum atomic E-state index is 13.4. The van der Waals surface area contributed by atoms with Crippen molar-refractivity contribution in [3.8, 4) is 0 Å². The topological polar surface area (TPSA) is 46.6 Å². The monoisotopic (exact) mass is 381 g/mol.